The van der Waals surface area contributed by atoms with Gasteiger partial charge in [0.2, 0.25) is 0 Å². The van der Waals surface area contributed by atoms with Crippen molar-refractivity contribution in [3.8, 4) is 0 Å². The van der Waals surface area contributed by atoms with Crippen molar-refractivity contribution >= 4 is 59.6 Å². The van der Waals surface area contributed by atoms with E-state index < -0.39 is 61.3 Å². The average molecular weight is 635 g/mol. The summed E-state index contributed by atoms with van der Waals surface area (Å²) < 4.78 is 77.7. The van der Waals surface area contributed by atoms with Crippen molar-refractivity contribution in [2.24, 2.45) is 0 Å². The van der Waals surface area contributed by atoms with Gasteiger partial charge in [-0.2, -0.15) is 8.42 Å². The van der Waals surface area contributed by atoms with Crippen molar-refractivity contribution in [3.05, 3.63) is 85.8 Å². The summed E-state index contributed by atoms with van der Waals surface area (Å²) in [6.07, 6.45) is 0. The van der Waals surface area contributed by atoms with Gasteiger partial charge in [-0.25, -0.2) is 32.1 Å². The first-order chi connectivity index (χ1) is 15.8. The lowest BCUT2D eigenvalue weighted by atomic mass is 10.2. The lowest BCUT2D eigenvalue weighted by Gasteiger charge is -2.08. The molecule has 3 rings (SSSR count). The van der Waals surface area contributed by atoms with E-state index in [9.17, 15) is 35.6 Å². The van der Waals surface area contributed by atoms with Gasteiger partial charge in [0.05, 0.1) is 20.1 Å². The minimum atomic E-state index is -4.36. The highest BCUT2D eigenvalue weighted by atomic mass is 79.9. The average Bonchev–Trinajstić information content (AvgIpc) is 2.76. The Hall–Kier alpha value is -3.04. The van der Waals surface area contributed by atoms with Gasteiger partial charge in [-0.3, -0.25) is 4.79 Å². The van der Waals surface area contributed by atoms with Gasteiger partial charge in [0.15, 0.2) is 28.3 Å². The first-order valence-corrected chi connectivity index (χ1v) is 11.6. The summed E-state index contributed by atoms with van der Waals surface area (Å²) in [6.45, 7) is 0. The predicted octanol–water partition coefficient (Wildman–Crippen LogP) is 4.99. The van der Waals surface area contributed by atoms with Crippen LogP contribution in [0, 0.1) is 23.3 Å². The van der Waals surface area contributed by atoms with Crippen LogP contribution < -0.4 is 10.5 Å². The molecule has 34 heavy (non-hydrogen) atoms. The Kier molecular flexibility index (Phi) is 8.74. The number of nitrogen functional groups attached to an aromatic ring is 1. The maximum Gasteiger partial charge on any atom is 0.338 e. The summed E-state index contributed by atoms with van der Waals surface area (Å²) in [5.74, 6) is -8.19. The molecule has 0 bridgehead atoms. The van der Waals surface area contributed by atoms with Crippen LogP contribution in [0.4, 0.5) is 23.4 Å². The van der Waals surface area contributed by atoms with E-state index in [2.05, 4.69) is 36.8 Å². The number of aromatic nitrogens is 1. The van der Waals surface area contributed by atoms with Crippen LogP contribution >= 0.6 is 31.9 Å². The SMILES string of the molecule is Nc1cccc(S(=O)(=O)NC(=O)c2ccc(Br)c(F)c2F)n1.O=C(O)c1ccc(Br)c(F)c1F.[HH].[HH].[HH]. The molecule has 8 nitrogen and oxygen atoms in total. The number of carboxylic acid groups (broad SMARTS) is 1. The number of benzene rings is 2. The van der Waals surface area contributed by atoms with E-state index >= 15 is 0 Å². The van der Waals surface area contributed by atoms with Crippen LogP contribution in [0.1, 0.15) is 25.0 Å². The maximum atomic E-state index is 13.7. The molecule has 0 radical (unpaired) electrons. The molecule has 4 N–H and O–H groups in total. The summed E-state index contributed by atoms with van der Waals surface area (Å²) in [6, 6.07) is 7.93. The highest BCUT2D eigenvalue weighted by molar-refractivity contribution is 9.10. The molecule has 0 aliphatic heterocycles. The number of carboxylic acids is 1. The van der Waals surface area contributed by atoms with Crippen LogP contribution in [-0.4, -0.2) is 30.4 Å². The zero-order valence-electron chi connectivity index (χ0n) is 16.3. The second-order valence-corrected chi connectivity index (χ2v) is 9.42. The summed E-state index contributed by atoms with van der Waals surface area (Å²) in [5, 5.41) is 7.84. The number of amides is 1. The minimum Gasteiger partial charge on any atom is -0.478 e. The summed E-state index contributed by atoms with van der Waals surface area (Å²) >= 11 is 5.47. The second kappa shape index (κ2) is 10.9. The highest BCUT2D eigenvalue weighted by Gasteiger charge is 2.24. The molecule has 1 aromatic heterocycles. The number of pyridine rings is 1. The Balaban J connectivity index is 0. The smallest absolute Gasteiger partial charge is 0.338 e. The Morgan fingerprint density at radius 2 is 1.38 bits per heavy atom. The number of anilines is 1. The number of carbonyl (C=O) groups excluding carboxylic acids is 1. The monoisotopic (exact) mass is 633 g/mol. The fraction of sp³-hybridized carbons (Fsp3) is 0. The predicted molar refractivity (Wildman–Crippen MR) is 125 cm³/mol. The molecule has 1 amide bonds. The summed E-state index contributed by atoms with van der Waals surface area (Å²) in [4.78, 5) is 25.6. The number of rotatable bonds is 4. The Bertz CT molecular complexity index is 1410. The number of hydrogen-bond acceptors (Lipinski definition) is 6. The number of halogens is 6. The number of nitrogens with one attached hydrogen (secondary N) is 1. The largest absolute Gasteiger partial charge is 0.478 e. The molecular formula is C19H17Br2F4N3O5S. The number of nitrogens with two attached hydrogens (primary N) is 1. The molecule has 0 spiro atoms. The lowest BCUT2D eigenvalue weighted by Crippen LogP contribution is -2.32. The zero-order valence-corrected chi connectivity index (χ0v) is 20.3. The Morgan fingerprint density at radius 1 is 0.882 bits per heavy atom. The lowest BCUT2D eigenvalue weighted by molar-refractivity contribution is 0.0690. The molecule has 0 atom stereocenters. The first kappa shape index (κ1) is 27.2. The van der Waals surface area contributed by atoms with Gasteiger partial charge in [-0.05, 0) is 68.3 Å². The van der Waals surface area contributed by atoms with E-state index in [1.54, 1.807) is 4.72 Å². The number of nitrogens with zero attached hydrogens (tertiary/aromatic N) is 1. The van der Waals surface area contributed by atoms with E-state index in [0.717, 1.165) is 30.3 Å². The van der Waals surface area contributed by atoms with E-state index in [1.807, 2.05) is 0 Å². The molecule has 186 valence electrons. The second-order valence-electron chi connectivity index (χ2n) is 6.09. The third-order valence-corrected chi connectivity index (χ3v) is 6.25. The van der Waals surface area contributed by atoms with Crippen LogP contribution in [0.2, 0.25) is 0 Å². The van der Waals surface area contributed by atoms with Crippen molar-refractivity contribution in [3.63, 3.8) is 0 Å². The molecule has 0 unspecified atom stereocenters. The van der Waals surface area contributed by atoms with Crippen LogP contribution in [-0.2, 0) is 10.0 Å². The molecule has 1 heterocycles. The molecule has 0 saturated carbocycles. The molecule has 0 aliphatic rings. The van der Waals surface area contributed by atoms with Gasteiger partial charge < -0.3 is 10.8 Å². The van der Waals surface area contributed by atoms with E-state index in [-0.39, 0.29) is 19.0 Å². The van der Waals surface area contributed by atoms with Gasteiger partial charge in [0.25, 0.3) is 15.9 Å². The molecule has 0 fully saturated rings. The summed E-state index contributed by atoms with van der Waals surface area (Å²) in [7, 11) is -4.36. The summed E-state index contributed by atoms with van der Waals surface area (Å²) in [5.41, 5.74) is 3.93. The third kappa shape index (κ3) is 6.30. The first-order valence-electron chi connectivity index (χ1n) is 8.56. The molecule has 0 aliphatic carbocycles. The number of aromatic carboxylic acids is 1. The van der Waals surface area contributed by atoms with Gasteiger partial charge in [0.1, 0.15) is 5.82 Å². The topological polar surface area (TPSA) is 139 Å². The zero-order chi connectivity index (χ0) is 25.8. The third-order valence-electron chi connectivity index (χ3n) is 3.79. The standard InChI is InChI=1S/C12H8BrF2N3O3S.C7H3BrF2O2.3H2/c13-7-5-4-6(10(14)11(7)15)12(19)18-22(20,21)9-3-1-2-8(16)17-9;8-4-2-1-3(7(11)12)5(9)6(4)10;;;/h1-5H,(H2,16,17)(H,18,19);1-2H,(H,11,12);3*1H. The van der Waals surface area contributed by atoms with Crippen molar-refractivity contribution in [1.29, 1.82) is 0 Å². The number of sulfonamides is 1. The van der Waals surface area contributed by atoms with Gasteiger partial charge >= 0.3 is 5.97 Å². The van der Waals surface area contributed by atoms with Gasteiger partial charge in [0, 0.05) is 4.28 Å². The van der Waals surface area contributed by atoms with E-state index in [4.69, 9.17) is 10.8 Å². The molecule has 0 saturated heterocycles. The fourth-order valence-electron chi connectivity index (χ4n) is 2.20. The van der Waals surface area contributed by atoms with Crippen LogP contribution in [0.25, 0.3) is 0 Å². The normalized spacial score (nSPS) is 10.8. The molecular weight excluding hydrogens is 618 g/mol. The van der Waals surface area contributed by atoms with Crippen molar-refractivity contribution in [1.82, 2.24) is 9.71 Å². The Morgan fingerprint density at radius 3 is 1.88 bits per heavy atom. The number of carbonyl (C=O) groups is 2. The van der Waals surface area contributed by atoms with Gasteiger partial charge in [-0.1, -0.05) is 6.07 Å². The Labute approximate surface area is 210 Å². The van der Waals surface area contributed by atoms with Gasteiger partial charge in [-0.15, -0.1) is 0 Å². The van der Waals surface area contributed by atoms with E-state index in [1.165, 1.54) is 12.1 Å². The highest BCUT2D eigenvalue weighted by Crippen LogP contribution is 2.22. The molecule has 3 aromatic rings. The van der Waals surface area contributed by atoms with E-state index in [0.29, 0.717) is 0 Å². The van der Waals surface area contributed by atoms with Crippen molar-refractivity contribution in [2.45, 2.75) is 5.03 Å². The fourth-order valence-corrected chi connectivity index (χ4v) is 3.76. The van der Waals surface area contributed by atoms with Crippen molar-refractivity contribution < 1.29 is 45.0 Å². The van der Waals surface area contributed by atoms with Crippen molar-refractivity contribution in [2.75, 3.05) is 5.73 Å². The quantitative estimate of drug-likeness (QED) is 0.271. The van der Waals surface area contributed by atoms with Crippen LogP contribution in [0.5, 0.6) is 0 Å². The maximum absolute atomic E-state index is 13.7. The van der Waals surface area contributed by atoms with Crippen LogP contribution in [0.3, 0.4) is 0 Å². The molecule has 2 aromatic carbocycles. The minimum absolute atomic E-state index is 0. The van der Waals surface area contributed by atoms with Crippen LogP contribution in [0.15, 0.2) is 56.4 Å². The molecule has 15 heteroatoms. The number of hydrogen-bond donors (Lipinski definition) is 3.